The van der Waals surface area contributed by atoms with Crippen LogP contribution in [0.25, 0.3) is 0 Å². The van der Waals surface area contributed by atoms with Gasteiger partial charge in [-0.05, 0) is 26.8 Å². The number of rotatable bonds is 10. The molecule has 3 fully saturated rings. The molecule has 3 aliphatic rings. The third-order valence-corrected chi connectivity index (χ3v) is 9.51. The number of carboxylic acids is 1. The van der Waals surface area contributed by atoms with Crippen LogP contribution in [0.4, 0.5) is 9.18 Å². The second-order valence-electron chi connectivity index (χ2n) is 11.2. The summed E-state index contributed by atoms with van der Waals surface area (Å²) in [5, 5.41) is 16.2. The molecule has 0 radical (unpaired) electrons. The molecule has 48 heavy (non-hydrogen) atoms. The Balaban J connectivity index is 1.81. The number of benzene rings is 1. The van der Waals surface area contributed by atoms with Crippen LogP contribution in [0.5, 0.6) is 11.5 Å². The second-order valence-corrected chi connectivity index (χ2v) is 13.0. The van der Waals surface area contributed by atoms with Gasteiger partial charge in [-0.1, -0.05) is 0 Å². The van der Waals surface area contributed by atoms with E-state index in [1.165, 1.54) is 18.7 Å². The Morgan fingerprint density at radius 1 is 1.06 bits per heavy atom. The highest BCUT2D eigenvalue weighted by molar-refractivity contribution is 8.01. The van der Waals surface area contributed by atoms with Gasteiger partial charge in [0.2, 0.25) is 18.0 Å². The minimum Gasteiger partial charge on any atom is -0.478 e. The maximum atomic E-state index is 15.8. The van der Waals surface area contributed by atoms with Gasteiger partial charge in [0.05, 0.1) is 4.75 Å². The lowest BCUT2D eigenvalue weighted by molar-refractivity contribution is -0.176. The van der Waals surface area contributed by atoms with E-state index in [2.05, 4.69) is 16.0 Å². The molecule has 1 aromatic carbocycles. The third kappa shape index (κ3) is 5.98. The van der Waals surface area contributed by atoms with E-state index in [9.17, 15) is 48.3 Å². The monoisotopic (exact) mass is 694 g/mol. The Labute approximate surface area is 275 Å². The van der Waals surface area contributed by atoms with Crippen molar-refractivity contribution in [3.63, 3.8) is 0 Å². The molecule has 258 valence electrons. The van der Waals surface area contributed by atoms with Crippen molar-refractivity contribution >= 4 is 65.7 Å². The van der Waals surface area contributed by atoms with Crippen LogP contribution < -0.4 is 25.4 Å². The number of ether oxygens (including phenoxy) is 2. The van der Waals surface area contributed by atoms with Crippen molar-refractivity contribution < 1.29 is 62.1 Å². The number of amides is 7. The normalized spacial score (nSPS) is 23.4. The number of fused-ring (bicyclic) bond motifs is 1. The van der Waals surface area contributed by atoms with Crippen molar-refractivity contribution in [2.24, 2.45) is 0 Å². The molecule has 1 unspecified atom stereocenters. The Kier molecular flexibility index (Phi) is 9.70. The van der Waals surface area contributed by atoms with Gasteiger partial charge in [-0.3, -0.25) is 43.4 Å². The van der Waals surface area contributed by atoms with Crippen LogP contribution in [0.2, 0.25) is 0 Å². The number of hydrogen-bond donors (Lipinski definition) is 4. The molecule has 0 aliphatic carbocycles. The number of carboxylic acid groups (broad SMARTS) is 1. The molecule has 0 aromatic heterocycles. The summed E-state index contributed by atoms with van der Waals surface area (Å²) in [6.07, 6.45) is 0.258. The molecule has 4 N–H and O–H groups in total. The first-order chi connectivity index (χ1) is 22.4. The average molecular weight is 695 g/mol. The highest BCUT2D eigenvalue weighted by Gasteiger charge is 2.74. The number of imide groups is 1. The number of thioether (sulfide) groups is 1. The Morgan fingerprint density at radius 3 is 2.21 bits per heavy atom. The number of β-lactam (4-membered cyclic amide) rings is 1. The summed E-state index contributed by atoms with van der Waals surface area (Å²) in [5.41, 5.74) is -3.29. The topological polar surface area (TPSA) is 238 Å². The van der Waals surface area contributed by atoms with E-state index in [-0.39, 0.29) is 26.0 Å². The van der Waals surface area contributed by atoms with Gasteiger partial charge in [0, 0.05) is 45.1 Å². The minimum atomic E-state index is -2.54. The van der Waals surface area contributed by atoms with E-state index >= 15 is 4.39 Å². The van der Waals surface area contributed by atoms with Gasteiger partial charge in [0.25, 0.3) is 5.91 Å². The zero-order valence-corrected chi connectivity index (χ0v) is 27.0. The SMILES string of the molecule is CCN1CCN(C(=O)NC(C(=O)N[C@@]2(C(=O)O)N3C(=O)[C@@H](NC=O)[C@H]3SC2(C)C)c2cc(OC(C)=O)c(OC(C)=O)cc2F)C(=O)C1=O. The number of aliphatic carboxylic acids is 1. The summed E-state index contributed by atoms with van der Waals surface area (Å²) >= 11 is 0.939. The van der Waals surface area contributed by atoms with Crippen LogP contribution in [0.3, 0.4) is 0 Å². The predicted molar refractivity (Wildman–Crippen MR) is 158 cm³/mol. The first-order valence-corrected chi connectivity index (χ1v) is 15.2. The van der Waals surface area contributed by atoms with Gasteiger partial charge >= 0.3 is 35.8 Å². The molecular formula is C28H31FN6O12S. The van der Waals surface area contributed by atoms with E-state index < -0.39 is 98.3 Å². The molecule has 3 saturated heterocycles. The minimum absolute atomic E-state index is 0.0601. The zero-order chi connectivity index (χ0) is 35.9. The number of hydrogen-bond acceptors (Lipinski definition) is 12. The Bertz CT molecular complexity index is 1640. The predicted octanol–water partition coefficient (Wildman–Crippen LogP) is -1.18. The molecule has 3 aliphatic heterocycles. The first-order valence-electron chi connectivity index (χ1n) is 14.3. The molecule has 18 nitrogen and oxygen atoms in total. The summed E-state index contributed by atoms with van der Waals surface area (Å²) in [5.74, 6) is -10.7. The van der Waals surface area contributed by atoms with Gasteiger partial charge in [-0.2, -0.15) is 0 Å². The fourth-order valence-electron chi connectivity index (χ4n) is 5.62. The third-order valence-electron chi connectivity index (χ3n) is 7.90. The Morgan fingerprint density at radius 2 is 1.67 bits per heavy atom. The fraction of sp³-hybridized carbons (Fsp3) is 0.464. The largest absolute Gasteiger partial charge is 0.478 e. The quantitative estimate of drug-likeness (QED) is 0.0743. The number of nitrogens with zero attached hydrogens (tertiary/aromatic N) is 3. The van der Waals surface area contributed by atoms with Crippen LogP contribution in [0.1, 0.15) is 46.2 Å². The van der Waals surface area contributed by atoms with Gasteiger partial charge in [0.1, 0.15) is 23.3 Å². The zero-order valence-electron chi connectivity index (χ0n) is 26.2. The van der Waals surface area contributed by atoms with Gasteiger partial charge in [-0.15, -0.1) is 11.8 Å². The number of carbonyl (C=O) groups excluding carboxylic acids is 8. The molecule has 0 saturated carbocycles. The molecule has 0 spiro atoms. The number of carbonyl (C=O) groups is 9. The molecule has 3 heterocycles. The van der Waals surface area contributed by atoms with Crippen molar-refractivity contribution in [2.75, 3.05) is 19.6 Å². The van der Waals surface area contributed by atoms with Crippen LogP contribution >= 0.6 is 11.8 Å². The number of piperazine rings is 1. The van der Waals surface area contributed by atoms with Crippen molar-refractivity contribution in [1.29, 1.82) is 0 Å². The molecule has 7 amide bonds. The summed E-state index contributed by atoms with van der Waals surface area (Å²) in [6.45, 7) is 6.13. The summed E-state index contributed by atoms with van der Waals surface area (Å²) in [7, 11) is 0. The van der Waals surface area contributed by atoms with E-state index in [4.69, 9.17) is 9.47 Å². The number of likely N-dealkylation sites (N-methyl/N-ethyl adjacent to an activating group) is 1. The fourth-order valence-corrected chi connectivity index (χ4v) is 7.33. The van der Waals surface area contributed by atoms with Crippen LogP contribution in [0, 0.1) is 5.82 Å². The van der Waals surface area contributed by atoms with Crippen molar-refractivity contribution in [2.45, 2.75) is 62.5 Å². The molecule has 0 bridgehead atoms. The van der Waals surface area contributed by atoms with Crippen LogP contribution in [-0.2, 0) is 38.4 Å². The summed E-state index contributed by atoms with van der Waals surface area (Å²) in [6, 6.07) is -3.38. The number of nitrogens with one attached hydrogen (secondary N) is 3. The maximum Gasteiger partial charge on any atom is 0.352 e. The van der Waals surface area contributed by atoms with E-state index in [0.717, 1.165) is 36.6 Å². The molecular weight excluding hydrogens is 663 g/mol. The summed E-state index contributed by atoms with van der Waals surface area (Å²) in [4.78, 5) is 116. The standard InChI is InChI=1S/C28H31FN6O12S/c1-6-33-7-8-34(23(42)22(33)41)26(45)31-18(14-9-16(46-12(2)37)17(10-15(14)29)47-13(3)38)20(39)32-28(25(43)44)27(4,5)48-24-19(30-11-36)21(40)35(24)28/h9-11,18-19,24H,6-8H2,1-5H3,(H,30,36)(H,31,45)(H,32,39)(H,43,44)/t18?,19-,24-,28+/m1/s1. The Hall–Kier alpha value is -5.27. The molecule has 4 atom stereocenters. The van der Waals surface area contributed by atoms with E-state index in [0.29, 0.717) is 11.0 Å². The smallest absolute Gasteiger partial charge is 0.352 e. The first kappa shape index (κ1) is 35.6. The highest BCUT2D eigenvalue weighted by Crippen LogP contribution is 2.55. The van der Waals surface area contributed by atoms with Crippen molar-refractivity contribution in [3.8, 4) is 11.5 Å². The summed E-state index contributed by atoms with van der Waals surface area (Å²) < 4.78 is 24.2. The average Bonchev–Trinajstić information content (AvgIpc) is 3.20. The molecule has 20 heteroatoms. The lowest BCUT2D eigenvalue weighted by Gasteiger charge is -2.49. The van der Waals surface area contributed by atoms with E-state index in [1.807, 2.05) is 0 Å². The van der Waals surface area contributed by atoms with Gasteiger partial charge in [-0.25, -0.2) is 14.0 Å². The highest BCUT2D eigenvalue weighted by atomic mass is 32.2. The molecule has 1 aromatic rings. The van der Waals surface area contributed by atoms with Gasteiger partial charge in [0.15, 0.2) is 11.5 Å². The van der Waals surface area contributed by atoms with Crippen LogP contribution in [0.15, 0.2) is 12.1 Å². The molecule has 4 rings (SSSR count). The van der Waals surface area contributed by atoms with E-state index in [1.54, 1.807) is 6.92 Å². The number of esters is 2. The second kappa shape index (κ2) is 13.1. The van der Waals surface area contributed by atoms with Crippen molar-refractivity contribution in [1.82, 2.24) is 30.7 Å². The van der Waals surface area contributed by atoms with Gasteiger partial charge < -0.3 is 35.4 Å². The lowest BCUT2D eigenvalue weighted by Crippen LogP contribution is -2.80. The lowest BCUT2D eigenvalue weighted by atomic mass is 9.88. The maximum absolute atomic E-state index is 15.8. The van der Waals surface area contributed by atoms with Crippen molar-refractivity contribution in [3.05, 3.63) is 23.5 Å². The number of halogens is 1. The van der Waals surface area contributed by atoms with Crippen LogP contribution in [-0.4, -0.2) is 115 Å². The number of urea groups is 1.